The number of hydrogen-bond donors (Lipinski definition) is 0. The lowest BCUT2D eigenvalue weighted by molar-refractivity contribution is -0.138. The number of nitriles is 1. The Morgan fingerprint density at radius 3 is 2.40 bits per heavy atom. The standard InChI is InChI=1S/C19H19N3O3/c1-13-16(18(23)22(3)19(24)17(13)12-20)6-5-11-21(2)14-7-9-15(25-4)10-8-14/h5-11H,1-4H3/b11-5+,16-6+. The summed E-state index contributed by atoms with van der Waals surface area (Å²) in [4.78, 5) is 27.0. The Balaban J connectivity index is 2.25. The minimum Gasteiger partial charge on any atom is -0.497 e. The summed E-state index contributed by atoms with van der Waals surface area (Å²) in [6, 6.07) is 9.40. The van der Waals surface area contributed by atoms with Gasteiger partial charge < -0.3 is 9.64 Å². The molecule has 0 fully saturated rings. The van der Waals surface area contributed by atoms with Crippen molar-refractivity contribution in [2.45, 2.75) is 6.92 Å². The zero-order chi connectivity index (χ0) is 18.6. The van der Waals surface area contributed by atoms with Gasteiger partial charge in [0, 0.05) is 31.6 Å². The Bertz CT molecular complexity index is 826. The molecule has 0 spiro atoms. The maximum absolute atomic E-state index is 12.3. The molecule has 6 nitrogen and oxygen atoms in total. The Labute approximate surface area is 146 Å². The molecule has 0 aromatic heterocycles. The van der Waals surface area contributed by atoms with Gasteiger partial charge in [-0.25, -0.2) is 0 Å². The average molecular weight is 337 g/mol. The van der Waals surface area contributed by atoms with Crippen LogP contribution in [0.1, 0.15) is 6.92 Å². The fraction of sp³-hybridized carbons (Fsp3) is 0.211. The number of benzene rings is 1. The van der Waals surface area contributed by atoms with Crippen LogP contribution >= 0.6 is 0 Å². The van der Waals surface area contributed by atoms with Gasteiger partial charge in [-0.15, -0.1) is 0 Å². The number of carbonyl (C=O) groups is 2. The molecule has 1 aliphatic heterocycles. The zero-order valence-corrected chi connectivity index (χ0v) is 14.6. The molecule has 0 saturated carbocycles. The van der Waals surface area contributed by atoms with Crippen molar-refractivity contribution in [3.05, 3.63) is 59.3 Å². The SMILES string of the molecule is COc1ccc(N(C)/C=C/C=C2/C(=O)N(C)C(=O)C(C#N)=C2C)cc1. The van der Waals surface area contributed by atoms with Crippen molar-refractivity contribution in [2.24, 2.45) is 0 Å². The fourth-order valence-electron chi connectivity index (χ4n) is 2.40. The number of methoxy groups -OCH3 is 1. The Hall–Kier alpha value is -3.33. The summed E-state index contributed by atoms with van der Waals surface area (Å²) in [5.41, 5.74) is 1.67. The topological polar surface area (TPSA) is 73.6 Å². The maximum Gasteiger partial charge on any atom is 0.271 e. The van der Waals surface area contributed by atoms with E-state index in [9.17, 15) is 9.59 Å². The molecule has 1 aromatic carbocycles. The van der Waals surface area contributed by atoms with E-state index in [2.05, 4.69) is 0 Å². The van der Waals surface area contributed by atoms with E-state index in [0.29, 0.717) is 11.1 Å². The summed E-state index contributed by atoms with van der Waals surface area (Å²) in [5, 5.41) is 9.13. The normalized spacial score (nSPS) is 16.6. The van der Waals surface area contributed by atoms with Gasteiger partial charge in [-0.3, -0.25) is 14.5 Å². The molecule has 128 valence electrons. The number of hydrogen-bond acceptors (Lipinski definition) is 5. The first-order valence-electron chi connectivity index (χ1n) is 7.59. The van der Waals surface area contributed by atoms with Crippen molar-refractivity contribution >= 4 is 17.5 Å². The minimum absolute atomic E-state index is 0.00902. The summed E-state index contributed by atoms with van der Waals surface area (Å²) in [6.45, 7) is 1.61. The van der Waals surface area contributed by atoms with Crippen LogP contribution in [0.15, 0.2) is 59.3 Å². The molecule has 6 heteroatoms. The second-order valence-electron chi connectivity index (χ2n) is 5.51. The average Bonchev–Trinajstić information content (AvgIpc) is 2.63. The van der Waals surface area contributed by atoms with Gasteiger partial charge in [-0.2, -0.15) is 5.26 Å². The molecule has 0 saturated heterocycles. The van der Waals surface area contributed by atoms with Crippen LogP contribution in [0.5, 0.6) is 5.75 Å². The Morgan fingerprint density at radius 2 is 1.84 bits per heavy atom. The van der Waals surface area contributed by atoms with Gasteiger partial charge >= 0.3 is 0 Å². The summed E-state index contributed by atoms with van der Waals surface area (Å²) in [6.07, 6.45) is 5.11. The van der Waals surface area contributed by atoms with E-state index in [1.54, 1.807) is 32.4 Å². The summed E-state index contributed by atoms with van der Waals surface area (Å²) in [5.74, 6) is -0.215. The highest BCUT2D eigenvalue weighted by atomic mass is 16.5. The third-order valence-corrected chi connectivity index (χ3v) is 4.00. The Kier molecular flexibility index (Phi) is 5.40. The summed E-state index contributed by atoms with van der Waals surface area (Å²) < 4.78 is 5.13. The maximum atomic E-state index is 12.3. The number of likely N-dealkylation sites (N-methyl/N-ethyl adjacent to an activating group) is 1. The van der Waals surface area contributed by atoms with Crippen LogP contribution in [-0.4, -0.2) is 37.9 Å². The van der Waals surface area contributed by atoms with E-state index in [-0.39, 0.29) is 5.57 Å². The van der Waals surface area contributed by atoms with Crippen LogP contribution in [0.4, 0.5) is 5.69 Å². The zero-order valence-electron chi connectivity index (χ0n) is 14.6. The number of carbonyl (C=O) groups excluding carboxylic acids is 2. The molecular formula is C19H19N3O3. The molecule has 25 heavy (non-hydrogen) atoms. The molecule has 0 unspecified atom stereocenters. The van der Waals surface area contributed by atoms with Crippen molar-refractivity contribution in [3.63, 3.8) is 0 Å². The Morgan fingerprint density at radius 1 is 1.20 bits per heavy atom. The second-order valence-corrected chi connectivity index (χ2v) is 5.51. The van der Waals surface area contributed by atoms with Crippen LogP contribution in [0.3, 0.4) is 0 Å². The first-order valence-corrected chi connectivity index (χ1v) is 7.59. The lowest BCUT2D eigenvalue weighted by atomic mass is 9.95. The minimum atomic E-state index is -0.568. The number of rotatable bonds is 4. The number of ether oxygens (including phenoxy) is 1. The molecule has 1 aliphatic rings. The number of allylic oxidation sites excluding steroid dienone is 2. The summed E-state index contributed by atoms with van der Waals surface area (Å²) >= 11 is 0. The smallest absolute Gasteiger partial charge is 0.271 e. The number of nitrogens with zero attached hydrogens (tertiary/aromatic N) is 3. The van der Waals surface area contributed by atoms with Crippen molar-refractivity contribution in [1.29, 1.82) is 5.26 Å². The monoisotopic (exact) mass is 337 g/mol. The molecule has 0 bridgehead atoms. The number of imide groups is 1. The van der Waals surface area contributed by atoms with E-state index >= 15 is 0 Å². The quantitative estimate of drug-likeness (QED) is 0.623. The molecule has 0 atom stereocenters. The van der Waals surface area contributed by atoms with Crippen molar-refractivity contribution in [3.8, 4) is 11.8 Å². The molecule has 1 aromatic rings. The first kappa shape index (κ1) is 18.0. The molecule has 0 aliphatic carbocycles. The van der Waals surface area contributed by atoms with E-state index in [4.69, 9.17) is 10.00 Å². The van der Waals surface area contributed by atoms with Gasteiger partial charge in [0.25, 0.3) is 11.8 Å². The van der Waals surface area contributed by atoms with E-state index in [1.807, 2.05) is 42.3 Å². The predicted octanol–water partition coefficient (Wildman–Crippen LogP) is 2.41. The van der Waals surface area contributed by atoms with Crippen LogP contribution in [0, 0.1) is 11.3 Å². The molecule has 0 radical (unpaired) electrons. The van der Waals surface area contributed by atoms with Gasteiger partial charge in [0.1, 0.15) is 17.4 Å². The van der Waals surface area contributed by atoms with E-state index in [0.717, 1.165) is 16.3 Å². The highest BCUT2D eigenvalue weighted by molar-refractivity contribution is 6.17. The van der Waals surface area contributed by atoms with Crippen molar-refractivity contribution in [2.75, 3.05) is 26.1 Å². The van der Waals surface area contributed by atoms with Gasteiger partial charge in [0.15, 0.2) is 0 Å². The van der Waals surface area contributed by atoms with Crippen LogP contribution in [0.25, 0.3) is 0 Å². The van der Waals surface area contributed by atoms with Gasteiger partial charge in [0.2, 0.25) is 0 Å². The van der Waals surface area contributed by atoms with E-state index in [1.165, 1.54) is 7.05 Å². The second kappa shape index (κ2) is 7.49. The van der Waals surface area contributed by atoms with E-state index < -0.39 is 11.8 Å². The molecule has 2 amide bonds. The third kappa shape index (κ3) is 3.61. The van der Waals surface area contributed by atoms with Gasteiger partial charge in [0.05, 0.1) is 7.11 Å². The number of anilines is 1. The fourth-order valence-corrected chi connectivity index (χ4v) is 2.40. The third-order valence-electron chi connectivity index (χ3n) is 4.00. The molecular weight excluding hydrogens is 318 g/mol. The van der Waals surface area contributed by atoms with Crippen molar-refractivity contribution in [1.82, 2.24) is 4.90 Å². The first-order chi connectivity index (χ1) is 11.9. The molecule has 0 N–H and O–H groups in total. The predicted molar refractivity (Wildman–Crippen MR) is 94.7 cm³/mol. The summed E-state index contributed by atoms with van der Waals surface area (Å²) in [7, 11) is 4.85. The van der Waals surface area contributed by atoms with Crippen LogP contribution in [0.2, 0.25) is 0 Å². The van der Waals surface area contributed by atoms with Crippen LogP contribution in [-0.2, 0) is 9.59 Å². The largest absolute Gasteiger partial charge is 0.497 e. The van der Waals surface area contributed by atoms with Gasteiger partial charge in [-0.05, 0) is 48.9 Å². The number of amides is 2. The molecule has 2 rings (SSSR count). The van der Waals surface area contributed by atoms with Crippen molar-refractivity contribution < 1.29 is 14.3 Å². The lowest BCUT2D eigenvalue weighted by Gasteiger charge is -2.23. The van der Waals surface area contributed by atoms with Gasteiger partial charge in [-0.1, -0.05) is 0 Å². The highest BCUT2D eigenvalue weighted by Gasteiger charge is 2.32. The highest BCUT2D eigenvalue weighted by Crippen LogP contribution is 2.24. The molecule has 1 heterocycles. The lowest BCUT2D eigenvalue weighted by Crippen LogP contribution is -2.39. The van der Waals surface area contributed by atoms with Crippen LogP contribution < -0.4 is 9.64 Å².